The zero-order chi connectivity index (χ0) is 20.6. The fourth-order valence-electron chi connectivity index (χ4n) is 2.07. The molecule has 0 heterocycles. The summed E-state index contributed by atoms with van der Waals surface area (Å²) in [5.41, 5.74) is 0. The van der Waals surface area contributed by atoms with Gasteiger partial charge in [0, 0.05) is 13.0 Å². The Morgan fingerprint density at radius 3 is 1.88 bits per heavy atom. The Hall–Kier alpha value is -0.676. The van der Waals surface area contributed by atoms with Gasteiger partial charge in [0.05, 0.1) is 13.7 Å². The summed E-state index contributed by atoms with van der Waals surface area (Å²) in [5, 5.41) is 0. The predicted octanol–water partition coefficient (Wildman–Crippen LogP) is 4.25. The van der Waals surface area contributed by atoms with Gasteiger partial charge in [-0.3, -0.25) is 14.3 Å². The van der Waals surface area contributed by atoms with Crippen molar-refractivity contribution < 1.29 is 32.1 Å². The Bertz CT molecular complexity index is 497. The number of carbonyl (C=O) groups is 2. The Balaban J connectivity index is 5.35. The molecule has 0 aliphatic heterocycles. The second-order valence-electron chi connectivity index (χ2n) is 7.80. The molecule has 8 nitrogen and oxygen atoms in total. The summed E-state index contributed by atoms with van der Waals surface area (Å²) >= 11 is 0. The van der Waals surface area contributed by atoms with E-state index in [1.165, 1.54) is 12.0 Å². The minimum atomic E-state index is -3.53. The van der Waals surface area contributed by atoms with Crippen LogP contribution in [-0.2, 0) is 27.3 Å². The van der Waals surface area contributed by atoms with Crippen molar-refractivity contribution in [2.45, 2.75) is 59.0 Å². The molecule has 0 aromatic rings. The number of hydrogen-bond donors (Lipinski definition) is 0. The van der Waals surface area contributed by atoms with Gasteiger partial charge in [0.25, 0.3) is 0 Å². The highest BCUT2D eigenvalue weighted by Crippen LogP contribution is 2.53. The van der Waals surface area contributed by atoms with E-state index in [-0.39, 0.29) is 31.8 Å². The van der Waals surface area contributed by atoms with Crippen molar-refractivity contribution in [3.05, 3.63) is 0 Å². The second-order valence-corrected chi connectivity index (χ2v) is 19.2. The van der Waals surface area contributed by atoms with E-state index in [1.807, 2.05) is 39.3 Å². The third kappa shape index (κ3) is 11.8. The first-order valence-corrected chi connectivity index (χ1v) is 17.2. The van der Waals surface area contributed by atoms with Crippen molar-refractivity contribution in [2.24, 2.45) is 0 Å². The van der Waals surface area contributed by atoms with Crippen LogP contribution in [0.25, 0.3) is 0 Å². The van der Waals surface area contributed by atoms with E-state index >= 15 is 0 Å². The van der Waals surface area contributed by atoms with Gasteiger partial charge in [0.2, 0.25) is 0 Å². The normalized spacial score (nSPS) is 12.6. The smallest absolute Gasteiger partial charge is 0.410 e. The molecule has 0 radical (unpaired) electrons. The topological polar surface area (TPSA) is 91.4 Å². The average molecular weight is 428 g/mol. The minimum absolute atomic E-state index is 0.153. The van der Waals surface area contributed by atoms with E-state index in [1.54, 1.807) is 6.92 Å². The number of ether oxygens (including phenoxy) is 2. The SMILES string of the molecule is CCOC(=O)N(CCCC(=O)OC)CP(=O)(O[Si](C)(C)C)O[Si](C)(C)C. The molecular formula is C15H34NO7PSi2. The molecule has 0 N–H and O–H groups in total. The Labute approximate surface area is 159 Å². The third-order valence-electron chi connectivity index (χ3n) is 2.73. The fraction of sp³-hybridized carbons (Fsp3) is 0.867. The van der Waals surface area contributed by atoms with Crippen molar-refractivity contribution in [1.29, 1.82) is 0 Å². The van der Waals surface area contributed by atoms with Crippen LogP contribution in [0.1, 0.15) is 19.8 Å². The monoisotopic (exact) mass is 427 g/mol. The molecule has 0 unspecified atom stereocenters. The van der Waals surface area contributed by atoms with Crippen molar-refractivity contribution in [2.75, 3.05) is 26.5 Å². The Morgan fingerprint density at radius 2 is 1.50 bits per heavy atom. The van der Waals surface area contributed by atoms with E-state index in [2.05, 4.69) is 4.74 Å². The lowest BCUT2D eigenvalue weighted by Gasteiger charge is -2.34. The highest BCUT2D eigenvalue weighted by Gasteiger charge is 2.39. The lowest BCUT2D eigenvalue weighted by atomic mass is 10.3. The molecule has 1 amide bonds. The van der Waals surface area contributed by atoms with Gasteiger partial charge in [-0.2, -0.15) is 0 Å². The van der Waals surface area contributed by atoms with Crippen LogP contribution in [0, 0.1) is 0 Å². The molecule has 0 spiro atoms. The van der Waals surface area contributed by atoms with E-state index in [9.17, 15) is 14.2 Å². The second kappa shape index (κ2) is 10.6. The van der Waals surface area contributed by atoms with Gasteiger partial charge in [-0.1, -0.05) is 0 Å². The molecule has 154 valence electrons. The van der Waals surface area contributed by atoms with Gasteiger partial charge in [-0.15, -0.1) is 0 Å². The lowest BCUT2D eigenvalue weighted by molar-refractivity contribution is -0.140. The summed E-state index contributed by atoms with van der Waals surface area (Å²) < 4.78 is 34.8. The van der Waals surface area contributed by atoms with Crippen LogP contribution in [0.5, 0.6) is 0 Å². The summed E-state index contributed by atoms with van der Waals surface area (Å²) in [7, 11) is -6.60. The maximum Gasteiger partial charge on any atom is 0.410 e. The predicted molar refractivity (Wildman–Crippen MR) is 106 cm³/mol. The van der Waals surface area contributed by atoms with Gasteiger partial charge < -0.3 is 17.9 Å². The highest BCUT2D eigenvalue weighted by molar-refractivity contribution is 7.57. The maximum atomic E-state index is 13.4. The summed E-state index contributed by atoms with van der Waals surface area (Å²) in [6.07, 6.45) is -0.274. The van der Waals surface area contributed by atoms with Crippen molar-refractivity contribution in [1.82, 2.24) is 4.90 Å². The molecule has 0 saturated heterocycles. The van der Waals surface area contributed by atoms with E-state index < -0.39 is 30.3 Å². The highest BCUT2D eigenvalue weighted by atomic mass is 31.2. The first-order chi connectivity index (χ1) is 11.7. The number of hydrogen-bond acceptors (Lipinski definition) is 7. The van der Waals surface area contributed by atoms with E-state index in [4.69, 9.17) is 13.2 Å². The lowest BCUT2D eigenvalue weighted by Crippen LogP contribution is -2.38. The van der Waals surface area contributed by atoms with Crippen LogP contribution in [-0.4, -0.2) is 60.1 Å². The van der Waals surface area contributed by atoms with Gasteiger partial charge in [-0.25, -0.2) is 4.79 Å². The quantitative estimate of drug-likeness (QED) is 0.276. The minimum Gasteiger partial charge on any atom is -0.469 e. The number of methoxy groups -OCH3 is 1. The summed E-state index contributed by atoms with van der Waals surface area (Å²) in [4.78, 5) is 24.9. The molecule has 0 aromatic carbocycles. The van der Waals surface area contributed by atoms with Crippen LogP contribution in [0.15, 0.2) is 0 Å². The number of rotatable bonds is 11. The van der Waals surface area contributed by atoms with Gasteiger partial charge >= 0.3 is 19.7 Å². The molecule has 0 aliphatic rings. The zero-order valence-electron chi connectivity index (χ0n) is 17.3. The largest absolute Gasteiger partial charge is 0.469 e. The van der Waals surface area contributed by atoms with E-state index in [0.717, 1.165) is 0 Å². The zero-order valence-corrected chi connectivity index (χ0v) is 20.2. The molecule has 11 heteroatoms. The Morgan fingerprint density at radius 1 is 1.00 bits per heavy atom. The van der Waals surface area contributed by atoms with Crippen molar-refractivity contribution >= 4 is 36.3 Å². The average Bonchev–Trinajstić information content (AvgIpc) is 2.41. The Kier molecular flexibility index (Phi) is 10.3. The van der Waals surface area contributed by atoms with Crippen LogP contribution in [0.4, 0.5) is 4.79 Å². The van der Waals surface area contributed by atoms with Crippen LogP contribution in [0.2, 0.25) is 39.3 Å². The molecule has 0 bridgehead atoms. The van der Waals surface area contributed by atoms with Crippen molar-refractivity contribution in [3.63, 3.8) is 0 Å². The molecule has 0 rings (SSSR count). The number of amides is 1. The van der Waals surface area contributed by atoms with Gasteiger partial charge in [0.15, 0.2) is 16.6 Å². The molecular weight excluding hydrogens is 393 g/mol. The summed E-state index contributed by atoms with van der Waals surface area (Å²) in [6.45, 7) is 13.6. The van der Waals surface area contributed by atoms with E-state index in [0.29, 0.717) is 6.42 Å². The number of esters is 1. The first kappa shape index (κ1) is 25.3. The van der Waals surface area contributed by atoms with Crippen LogP contribution < -0.4 is 0 Å². The molecule has 0 aromatic heterocycles. The standard InChI is InChI=1S/C15H34NO7PSi2/c1-9-21-15(18)16(12-10-11-14(17)20-2)13-24(19,22-25(3,4)5)23-26(6,7)8/h9-13H2,1-8H3. The first-order valence-electron chi connectivity index (χ1n) is 8.70. The van der Waals surface area contributed by atoms with Crippen LogP contribution in [0.3, 0.4) is 0 Å². The molecule has 0 aliphatic carbocycles. The maximum absolute atomic E-state index is 13.4. The summed E-state index contributed by atoms with van der Waals surface area (Å²) in [5.74, 6) is -0.367. The fourth-order valence-corrected chi connectivity index (χ4v) is 10.4. The van der Waals surface area contributed by atoms with Crippen molar-refractivity contribution in [3.8, 4) is 0 Å². The number of nitrogens with zero attached hydrogens (tertiary/aromatic N) is 1. The molecule has 26 heavy (non-hydrogen) atoms. The third-order valence-corrected chi connectivity index (χ3v) is 10.0. The van der Waals surface area contributed by atoms with Gasteiger partial charge in [-0.05, 0) is 52.6 Å². The molecule has 0 fully saturated rings. The molecule has 0 saturated carbocycles. The van der Waals surface area contributed by atoms with Crippen LogP contribution >= 0.6 is 7.60 Å². The van der Waals surface area contributed by atoms with Gasteiger partial charge in [0.1, 0.15) is 6.29 Å². The number of carbonyl (C=O) groups excluding carboxylic acids is 2. The summed E-state index contributed by atoms with van der Waals surface area (Å²) in [6, 6.07) is 0. The molecule has 0 atom stereocenters.